The first-order valence-corrected chi connectivity index (χ1v) is 4.97. The van der Waals surface area contributed by atoms with E-state index in [0.29, 0.717) is 0 Å². The van der Waals surface area contributed by atoms with Gasteiger partial charge in [-0.05, 0) is 29.8 Å². The summed E-state index contributed by atoms with van der Waals surface area (Å²) in [4.78, 5) is 8.32. The molecule has 0 radical (unpaired) electrons. The van der Waals surface area contributed by atoms with Crippen LogP contribution in [0.15, 0.2) is 53.8 Å². The highest BCUT2D eigenvalue weighted by Gasteiger charge is 1.97. The number of hydrogen-bond acceptors (Lipinski definition) is 3. The van der Waals surface area contributed by atoms with Crippen molar-refractivity contribution in [3.63, 3.8) is 0 Å². The molecule has 0 N–H and O–H groups in total. The summed E-state index contributed by atoms with van der Waals surface area (Å²) in [5.41, 5.74) is 1.84. The van der Waals surface area contributed by atoms with Crippen molar-refractivity contribution in [3.8, 4) is 5.75 Å². The van der Waals surface area contributed by atoms with Gasteiger partial charge in [0.05, 0.1) is 7.11 Å². The molecule has 0 spiro atoms. The van der Waals surface area contributed by atoms with Crippen LogP contribution in [0.4, 0.5) is 5.69 Å². The maximum Gasteiger partial charge on any atom is 0.144 e. The smallest absolute Gasteiger partial charge is 0.144 e. The standard InChI is InChI=1S/C13H12N2O/c1-16-13-5-3-2-4-12(13)15-10-11-6-8-14-9-7-11/h2-10H,1H3. The molecule has 0 atom stereocenters. The molecule has 1 aromatic heterocycles. The number of ether oxygens (including phenoxy) is 1. The maximum atomic E-state index is 5.21. The van der Waals surface area contributed by atoms with Crippen LogP contribution in [0.1, 0.15) is 5.56 Å². The van der Waals surface area contributed by atoms with Crippen LogP contribution in [-0.4, -0.2) is 18.3 Å². The summed E-state index contributed by atoms with van der Waals surface area (Å²) in [6.45, 7) is 0. The molecular formula is C13H12N2O. The molecule has 1 heterocycles. The highest BCUT2D eigenvalue weighted by atomic mass is 16.5. The van der Waals surface area contributed by atoms with Crippen molar-refractivity contribution in [1.29, 1.82) is 0 Å². The average Bonchev–Trinajstić information content (AvgIpc) is 2.38. The van der Waals surface area contributed by atoms with Crippen LogP contribution in [0, 0.1) is 0 Å². The SMILES string of the molecule is COc1ccccc1N=Cc1ccncc1. The van der Waals surface area contributed by atoms with Crippen LogP contribution in [-0.2, 0) is 0 Å². The normalized spacial score (nSPS) is 10.6. The molecule has 0 amide bonds. The lowest BCUT2D eigenvalue weighted by atomic mass is 10.3. The third-order valence-electron chi connectivity index (χ3n) is 2.14. The lowest BCUT2D eigenvalue weighted by Gasteiger charge is -2.02. The van der Waals surface area contributed by atoms with Crippen molar-refractivity contribution in [2.45, 2.75) is 0 Å². The largest absolute Gasteiger partial charge is 0.494 e. The number of hydrogen-bond donors (Lipinski definition) is 0. The first-order valence-electron chi connectivity index (χ1n) is 4.97. The average molecular weight is 212 g/mol. The Morgan fingerprint density at radius 2 is 1.88 bits per heavy atom. The Hall–Kier alpha value is -2.16. The molecule has 0 saturated heterocycles. The number of rotatable bonds is 3. The second kappa shape index (κ2) is 5.07. The van der Waals surface area contributed by atoms with E-state index in [2.05, 4.69) is 9.98 Å². The number of methoxy groups -OCH3 is 1. The highest BCUT2D eigenvalue weighted by Crippen LogP contribution is 2.25. The first kappa shape index (κ1) is 10.4. The Balaban J connectivity index is 2.24. The Bertz CT molecular complexity index is 480. The second-order valence-electron chi connectivity index (χ2n) is 3.21. The van der Waals surface area contributed by atoms with Gasteiger partial charge in [-0.2, -0.15) is 0 Å². The van der Waals surface area contributed by atoms with Crippen molar-refractivity contribution in [3.05, 3.63) is 54.4 Å². The summed E-state index contributed by atoms with van der Waals surface area (Å²) in [6.07, 6.45) is 5.27. The first-order chi connectivity index (χ1) is 7.90. The van der Waals surface area contributed by atoms with Crippen LogP contribution >= 0.6 is 0 Å². The van der Waals surface area contributed by atoms with Gasteiger partial charge in [0, 0.05) is 18.6 Å². The van der Waals surface area contributed by atoms with E-state index in [9.17, 15) is 0 Å². The third kappa shape index (κ3) is 2.45. The van der Waals surface area contributed by atoms with Crippen LogP contribution < -0.4 is 4.74 Å². The predicted molar refractivity (Wildman–Crippen MR) is 64.5 cm³/mol. The Morgan fingerprint density at radius 3 is 2.62 bits per heavy atom. The number of pyridine rings is 1. The fourth-order valence-electron chi connectivity index (χ4n) is 1.33. The van der Waals surface area contributed by atoms with Gasteiger partial charge in [0.25, 0.3) is 0 Å². The zero-order chi connectivity index (χ0) is 11.2. The van der Waals surface area contributed by atoms with Crippen LogP contribution in [0.3, 0.4) is 0 Å². The molecule has 0 aliphatic carbocycles. The van der Waals surface area contributed by atoms with E-state index in [4.69, 9.17) is 4.74 Å². The summed E-state index contributed by atoms with van der Waals surface area (Å²) in [7, 11) is 1.64. The molecule has 0 aliphatic rings. The summed E-state index contributed by atoms with van der Waals surface area (Å²) >= 11 is 0. The Morgan fingerprint density at radius 1 is 1.12 bits per heavy atom. The maximum absolute atomic E-state index is 5.21. The van der Waals surface area contributed by atoms with Gasteiger partial charge in [0.1, 0.15) is 11.4 Å². The van der Waals surface area contributed by atoms with E-state index < -0.39 is 0 Å². The van der Waals surface area contributed by atoms with Gasteiger partial charge in [-0.25, -0.2) is 0 Å². The summed E-state index contributed by atoms with van der Waals surface area (Å²) in [5.74, 6) is 0.771. The topological polar surface area (TPSA) is 34.5 Å². The van der Waals surface area contributed by atoms with E-state index in [1.165, 1.54) is 0 Å². The monoisotopic (exact) mass is 212 g/mol. The van der Waals surface area contributed by atoms with Gasteiger partial charge < -0.3 is 4.74 Å². The summed E-state index contributed by atoms with van der Waals surface area (Å²) < 4.78 is 5.21. The van der Waals surface area contributed by atoms with Gasteiger partial charge in [-0.15, -0.1) is 0 Å². The van der Waals surface area contributed by atoms with Crippen molar-refractivity contribution in [1.82, 2.24) is 4.98 Å². The number of aliphatic imine (C=N–C) groups is 1. The molecule has 0 fully saturated rings. The van der Waals surface area contributed by atoms with Crippen molar-refractivity contribution >= 4 is 11.9 Å². The zero-order valence-corrected chi connectivity index (χ0v) is 9.00. The molecule has 3 heteroatoms. The molecule has 0 aliphatic heterocycles. The van der Waals surface area contributed by atoms with Crippen LogP contribution in [0.2, 0.25) is 0 Å². The van der Waals surface area contributed by atoms with Gasteiger partial charge in [0.2, 0.25) is 0 Å². The molecule has 0 saturated carbocycles. The summed E-state index contributed by atoms with van der Waals surface area (Å²) in [5, 5.41) is 0. The Labute approximate surface area is 94.4 Å². The van der Waals surface area contributed by atoms with Gasteiger partial charge >= 0.3 is 0 Å². The van der Waals surface area contributed by atoms with Crippen molar-refractivity contribution in [2.24, 2.45) is 4.99 Å². The van der Waals surface area contributed by atoms with Crippen LogP contribution in [0.25, 0.3) is 0 Å². The Kier molecular flexibility index (Phi) is 3.28. The van der Waals surface area contributed by atoms with E-state index in [0.717, 1.165) is 17.0 Å². The minimum Gasteiger partial charge on any atom is -0.494 e. The second-order valence-corrected chi connectivity index (χ2v) is 3.21. The fraction of sp³-hybridized carbons (Fsp3) is 0.0769. The molecule has 2 aromatic rings. The quantitative estimate of drug-likeness (QED) is 0.733. The molecule has 0 bridgehead atoms. The van der Waals surface area contributed by atoms with E-state index in [1.54, 1.807) is 25.7 Å². The molecule has 2 rings (SSSR count). The minimum absolute atomic E-state index is 0.771. The number of nitrogens with zero attached hydrogens (tertiary/aromatic N) is 2. The van der Waals surface area contributed by atoms with E-state index in [-0.39, 0.29) is 0 Å². The number of benzene rings is 1. The lowest BCUT2D eigenvalue weighted by Crippen LogP contribution is -1.84. The van der Waals surface area contributed by atoms with E-state index >= 15 is 0 Å². The number of aromatic nitrogens is 1. The van der Waals surface area contributed by atoms with Crippen LogP contribution in [0.5, 0.6) is 5.75 Å². The number of para-hydroxylation sites is 2. The van der Waals surface area contributed by atoms with Gasteiger partial charge in [-0.3, -0.25) is 9.98 Å². The molecule has 80 valence electrons. The van der Waals surface area contributed by atoms with Gasteiger partial charge in [0.15, 0.2) is 0 Å². The molecular weight excluding hydrogens is 200 g/mol. The molecule has 3 nitrogen and oxygen atoms in total. The highest BCUT2D eigenvalue weighted by molar-refractivity contribution is 5.82. The minimum atomic E-state index is 0.771. The van der Waals surface area contributed by atoms with Crippen molar-refractivity contribution in [2.75, 3.05) is 7.11 Å². The van der Waals surface area contributed by atoms with Gasteiger partial charge in [-0.1, -0.05) is 12.1 Å². The molecule has 1 aromatic carbocycles. The zero-order valence-electron chi connectivity index (χ0n) is 9.00. The third-order valence-corrected chi connectivity index (χ3v) is 2.14. The van der Waals surface area contributed by atoms with E-state index in [1.807, 2.05) is 36.4 Å². The molecule has 16 heavy (non-hydrogen) atoms. The fourth-order valence-corrected chi connectivity index (χ4v) is 1.33. The van der Waals surface area contributed by atoms with Crippen molar-refractivity contribution < 1.29 is 4.74 Å². The lowest BCUT2D eigenvalue weighted by molar-refractivity contribution is 0.416. The molecule has 0 unspecified atom stereocenters. The summed E-state index contributed by atoms with van der Waals surface area (Å²) in [6, 6.07) is 11.5. The predicted octanol–water partition coefficient (Wildman–Crippen LogP) is 2.84.